The molecule has 4 N–H and O–H groups in total. The minimum atomic E-state index is -3.74. The largest absolute Gasteiger partial charge is 0.383 e. The lowest BCUT2D eigenvalue weighted by Crippen LogP contribution is -2.22. The van der Waals surface area contributed by atoms with Gasteiger partial charge in [0.1, 0.15) is 5.82 Å². The normalized spacial score (nSPS) is 13.0. The number of hydrogen-bond donors (Lipinski definition) is 2. The molecule has 0 saturated carbocycles. The standard InChI is InChI=1S/C20H27N5O3S/c1-5-13(4)29(26,27)28-18-10-14(8-15-11-23-20(22)24-19(15)21)9-17-16(18)7-12(3)25(17)6-2/h7,9-11,13H,5-6,8H2,1-4H3,(H4,21,22,23,24). The molecule has 1 atom stereocenters. The van der Waals surface area contributed by atoms with E-state index in [4.69, 9.17) is 15.7 Å². The lowest BCUT2D eigenvalue weighted by Gasteiger charge is -2.15. The van der Waals surface area contributed by atoms with Gasteiger partial charge in [-0.05, 0) is 51.0 Å². The number of rotatable bonds is 7. The van der Waals surface area contributed by atoms with Crippen molar-refractivity contribution in [3.8, 4) is 5.75 Å². The first-order valence-corrected chi connectivity index (χ1v) is 11.1. The minimum absolute atomic E-state index is 0.112. The zero-order valence-electron chi connectivity index (χ0n) is 17.1. The quantitative estimate of drug-likeness (QED) is 0.566. The summed E-state index contributed by atoms with van der Waals surface area (Å²) in [5.74, 6) is 0.734. The molecule has 3 rings (SSSR count). The number of nitrogens with two attached hydrogens (primary N) is 2. The van der Waals surface area contributed by atoms with Crippen molar-refractivity contribution < 1.29 is 12.6 Å². The number of fused-ring (bicyclic) bond motifs is 1. The smallest absolute Gasteiger partial charge is 0.311 e. The minimum Gasteiger partial charge on any atom is -0.383 e. The average molecular weight is 418 g/mol. The average Bonchev–Trinajstić information content (AvgIpc) is 2.98. The first kappa shape index (κ1) is 20.9. The maximum absolute atomic E-state index is 12.6. The summed E-state index contributed by atoms with van der Waals surface area (Å²) in [4.78, 5) is 8.00. The Bertz CT molecular complexity index is 1150. The van der Waals surface area contributed by atoms with Gasteiger partial charge in [-0.2, -0.15) is 13.4 Å². The third-order valence-corrected chi connectivity index (χ3v) is 6.88. The highest BCUT2D eigenvalue weighted by Crippen LogP contribution is 2.33. The van der Waals surface area contributed by atoms with E-state index in [1.54, 1.807) is 19.2 Å². The lowest BCUT2D eigenvalue weighted by molar-refractivity contribution is 0.474. The van der Waals surface area contributed by atoms with Crippen molar-refractivity contribution in [1.29, 1.82) is 0 Å². The molecule has 0 aliphatic heterocycles. The van der Waals surface area contributed by atoms with E-state index in [0.717, 1.165) is 28.7 Å². The van der Waals surface area contributed by atoms with E-state index in [1.807, 2.05) is 32.9 Å². The summed E-state index contributed by atoms with van der Waals surface area (Å²) in [7, 11) is -3.74. The maximum atomic E-state index is 12.6. The molecule has 2 heterocycles. The van der Waals surface area contributed by atoms with Crippen molar-refractivity contribution in [2.24, 2.45) is 0 Å². The molecule has 0 amide bonds. The van der Waals surface area contributed by atoms with Crippen LogP contribution in [0.15, 0.2) is 24.4 Å². The molecular formula is C20H27N5O3S. The van der Waals surface area contributed by atoms with E-state index in [2.05, 4.69) is 14.5 Å². The second kappa shape index (κ2) is 7.90. The number of aromatic nitrogens is 3. The van der Waals surface area contributed by atoms with Gasteiger partial charge in [-0.25, -0.2) is 4.98 Å². The van der Waals surface area contributed by atoms with Crippen LogP contribution in [0.3, 0.4) is 0 Å². The van der Waals surface area contributed by atoms with Crippen molar-refractivity contribution in [1.82, 2.24) is 14.5 Å². The first-order chi connectivity index (χ1) is 13.7. The topological polar surface area (TPSA) is 126 Å². The number of anilines is 2. The Balaban J connectivity index is 2.14. The van der Waals surface area contributed by atoms with Crippen LogP contribution in [0.2, 0.25) is 0 Å². The third kappa shape index (κ3) is 4.14. The van der Waals surface area contributed by atoms with E-state index in [9.17, 15) is 8.42 Å². The summed E-state index contributed by atoms with van der Waals surface area (Å²) in [6, 6.07) is 5.71. The van der Waals surface area contributed by atoms with Crippen LogP contribution in [0.25, 0.3) is 10.9 Å². The molecule has 0 bridgehead atoms. The summed E-state index contributed by atoms with van der Waals surface area (Å²) in [5.41, 5.74) is 15.0. The van der Waals surface area contributed by atoms with Crippen LogP contribution in [0.5, 0.6) is 5.75 Å². The number of aryl methyl sites for hydroxylation is 2. The van der Waals surface area contributed by atoms with Crippen LogP contribution in [-0.2, 0) is 23.1 Å². The Hall–Kier alpha value is -2.81. The predicted molar refractivity (Wildman–Crippen MR) is 115 cm³/mol. The maximum Gasteiger partial charge on any atom is 0.311 e. The van der Waals surface area contributed by atoms with E-state index < -0.39 is 15.4 Å². The lowest BCUT2D eigenvalue weighted by atomic mass is 10.0. The van der Waals surface area contributed by atoms with Crippen LogP contribution in [-0.4, -0.2) is 28.2 Å². The molecule has 29 heavy (non-hydrogen) atoms. The van der Waals surface area contributed by atoms with Crippen molar-refractivity contribution in [3.05, 3.63) is 41.2 Å². The Morgan fingerprint density at radius 3 is 2.55 bits per heavy atom. The van der Waals surface area contributed by atoms with Gasteiger partial charge in [0.2, 0.25) is 5.95 Å². The molecule has 156 valence electrons. The zero-order valence-corrected chi connectivity index (χ0v) is 18.0. The van der Waals surface area contributed by atoms with Crippen molar-refractivity contribution in [3.63, 3.8) is 0 Å². The van der Waals surface area contributed by atoms with Gasteiger partial charge in [0.15, 0.2) is 5.75 Å². The molecule has 0 aliphatic rings. The number of hydrogen-bond acceptors (Lipinski definition) is 7. The van der Waals surface area contributed by atoms with Gasteiger partial charge in [-0.15, -0.1) is 0 Å². The Morgan fingerprint density at radius 2 is 1.93 bits per heavy atom. The van der Waals surface area contributed by atoms with E-state index in [-0.39, 0.29) is 5.95 Å². The molecule has 1 aromatic carbocycles. The monoisotopic (exact) mass is 417 g/mol. The van der Waals surface area contributed by atoms with Crippen LogP contribution < -0.4 is 15.7 Å². The van der Waals surface area contributed by atoms with Crippen LogP contribution in [0.1, 0.15) is 44.0 Å². The van der Waals surface area contributed by atoms with Crippen LogP contribution >= 0.6 is 0 Å². The Labute approximate surface area is 171 Å². The summed E-state index contributed by atoms with van der Waals surface area (Å²) in [6.45, 7) is 8.25. The fraction of sp³-hybridized carbons (Fsp3) is 0.400. The molecule has 0 fully saturated rings. The van der Waals surface area contributed by atoms with Gasteiger partial charge in [0.25, 0.3) is 0 Å². The van der Waals surface area contributed by atoms with E-state index >= 15 is 0 Å². The fourth-order valence-electron chi connectivity index (χ4n) is 3.31. The number of nitrogens with zero attached hydrogens (tertiary/aromatic N) is 3. The predicted octanol–water partition coefficient (Wildman–Crippen LogP) is 3.02. The molecule has 3 aromatic rings. The number of nitrogen functional groups attached to an aromatic ring is 2. The van der Waals surface area contributed by atoms with Crippen molar-refractivity contribution in [2.45, 2.75) is 52.3 Å². The van der Waals surface area contributed by atoms with Gasteiger partial charge in [-0.3, -0.25) is 0 Å². The molecule has 2 aromatic heterocycles. The summed E-state index contributed by atoms with van der Waals surface area (Å²) >= 11 is 0. The SMILES string of the molecule is CCC(C)S(=O)(=O)Oc1cc(Cc2cnc(N)nc2N)cc2c1cc(C)n2CC. The second-order valence-electron chi connectivity index (χ2n) is 7.17. The van der Waals surface area contributed by atoms with Gasteiger partial charge in [-0.1, -0.05) is 6.92 Å². The van der Waals surface area contributed by atoms with Gasteiger partial charge < -0.3 is 20.2 Å². The third-order valence-electron chi connectivity index (χ3n) is 5.15. The van der Waals surface area contributed by atoms with Crippen molar-refractivity contribution in [2.75, 3.05) is 11.5 Å². The Kier molecular flexibility index (Phi) is 5.70. The molecule has 0 saturated heterocycles. The van der Waals surface area contributed by atoms with Gasteiger partial charge >= 0.3 is 10.1 Å². The molecule has 0 radical (unpaired) electrons. The Morgan fingerprint density at radius 1 is 1.21 bits per heavy atom. The highest BCUT2D eigenvalue weighted by molar-refractivity contribution is 7.87. The summed E-state index contributed by atoms with van der Waals surface area (Å²) in [6.07, 6.45) is 2.48. The van der Waals surface area contributed by atoms with E-state index in [0.29, 0.717) is 30.0 Å². The van der Waals surface area contributed by atoms with Gasteiger partial charge in [0.05, 0.1) is 10.8 Å². The molecule has 1 unspecified atom stereocenters. The van der Waals surface area contributed by atoms with Gasteiger partial charge in [0, 0.05) is 35.8 Å². The highest BCUT2D eigenvalue weighted by atomic mass is 32.2. The summed E-state index contributed by atoms with van der Waals surface area (Å²) < 4.78 is 32.9. The molecular weight excluding hydrogens is 390 g/mol. The highest BCUT2D eigenvalue weighted by Gasteiger charge is 2.23. The van der Waals surface area contributed by atoms with Crippen LogP contribution in [0.4, 0.5) is 11.8 Å². The van der Waals surface area contributed by atoms with Crippen LogP contribution in [0, 0.1) is 6.92 Å². The van der Waals surface area contributed by atoms with Crippen molar-refractivity contribution >= 4 is 32.8 Å². The molecule has 9 heteroatoms. The number of benzene rings is 1. The molecule has 8 nitrogen and oxygen atoms in total. The second-order valence-corrected chi connectivity index (χ2v) is 9.12. The molecule has 0 spiro atoms. The zero-order chi connectivity index (χ0) is 21.3. The fourth-order valence-corrected chi connectivity index (χ4v) is 4.27. The van der Waals surface area contributed by atoms with E-state index in [1.165, 1.54) is 0 Å². The first-order valence-electron chi connectivity index (χ1n) is 9.59. The summed E-state index contributed by atoms with van der Waals surface area (Å²) in [5, 5.41) is 0.165. The molecule has 0 aliphatic carbocycles.